The maximum Gasteiger partial charge on any atom is 0.263 e. The average Bonchev–Trinajstić information content (AvgIpc) is 3.00. The Balaban J connectivity index is 1.62. The number of hydrogen-bond acceptors (Lipinski definition) is 3. The molecule has 0 spiro atoms. The summed E-state index contributed by atoms with van der Waals surface area (Å²) in [7, 11) is -3.45. The van der Waals surface area contributed by atoms with Crippen molar-refractivity contribution in [3.05, 3.63) is 65.2 Å². The van der Waals surface area contributed by atoms with Crippen LogP contribution in [0.15, 0.2) is 58.4 Å². The number of nitrogens with zero attached hydrogens (tertiary/aromatic N) is 1. The highest BCUT2D eigenvalue weighted by molar-refractivity contribution is 7.90. The van der Waals surface area contributed by atoms with Gasteiger partial charge in [-0.05, 0) is 41.5 Å². The Morgan fingerprint density at radius 3 is 2.35 bits per heavy atom. The molecule has 4 rings (SSSR count). The topological polar surface area (TPSA) is 58.5 Å². The summed E-state index contributed by atoms with van der Waals surface area (Å²) in [5.74, 6) is 0.470. The highest BCUT2D eigenvalue weighted by Crippen LogP contribution is 2.37. The van der Waals surface area contributed by atoms with E-state index in [4.69, 9.17) is 0 Å². The lowest BCUT2D eigenvalue weighted by Gasteiger charge is -2.21. The maximum absolute atomic E-state index is 12.1. The van der Waals surface area contributed by atoms with Gasteiger partial charge in [-0.1, -0.05) is 43.3 Å². The molecular weight excluding hydrogens is 308 g/mol. The van der Waals surface area contributed by atoms with E-state index in [1.807, 2.05) is 6.07 Å². The summed E-state index contributed by atoms with van der Waals surface area (Å²) < 4.78 is 26.8. The van der Waals surface area contributed by atoms with Gasteiger partial charge < -0.3 is 0 Å². The third kappa shape index (κ3) is 2.45. The lowest BCUT2D eigenvalue weighted by atomic mass is 9.87. The number of sulfonamides is 1. The van der Waals surface area contributed by atoms with Gasteiger partial charge in [-0.2, -0.15) is 0 Å². The lowest BCUT2D eigenvalue weighted by Crippen LogP contribution is -2.26. The molecule has 118 valence electrons. The van der Waals surface area contributed by atoms with Gasteiger partial charge in [0.05, 0.1) is 4.90 Å². The van der Waals surface area contributed by atoms with Crippen molar-refractivity contribution in [1.29, 1.82) is 0 Å². The second-order valence-electron chi connectivity index (χ2n) is 6.70. The first-order valence-electron chi connectivity index (χ1n) is 7.70. The number of rotatable bonds is 2. The molecule has 0 unspecified atom stereocenters. The van der Waals surface area contributed by atoms with E-state index in [1.54, 1.807) is 18.2 Å². The van der Waals surface area contributed by atoms with Gasteiger partial charge in [0.2, 0.25) is 0 Å². The molecule has 0 saturated heterocycles. The van der Waals surface area contributed by atoms with E-state index in [9.17, 15) is 8.42 Å². The van der Waals surface area contributed by atoms with Crippen LogP contribution in [0, 0.1) is 5.41 Å². The molecule has 0 saturated carbocycles. The van der Waals surface area contributed by atoms with Gasteiger partial charge in [0.1, 0.15) is 5.84 Å². The molecule has 0 fully saturated rings. The zero-order chi connectivity index (χ0) is 16.1. The monoisotopic (exact) mass is 326 g/mol. The lowest BCUT2D eigenvalue weighted by molar-refractivity contribution is 0.360. The Labute approximate surface area is 136 Å². The number of hydrogen-bond donors (Lipinski definition) is 1. The number of nitrogens with one attached hydrogen (secondary N) is 1. The van der Waals surface area contributed by atoms with E-state index in [-0.39, 0.29) is 5.41 Å². The van der Waals surface area contributed by atoms with Crippen LogP contribution in [0.2, 0.25) is 0 Å². The standard InChI is InChI=1S/C18H18N2O2S/c1-18(10-13-6-2-3-7-14(13)11-18)12-19-17-15-8-4-5-9-16(15)23(21,22)20-17/h2-9H,10-12H2,1H3,(H,19,20). The van der Waals surface area contributed by atoms with Crippen LogP contribution in [-0.2, 0) is 22.9 Å². The maximum atomic E-state index is 12.1. The van der Waals surface area contributed by atoms with Crippen LogP contribution in [0.5, 0.6) is 0 Å². The summed E-state index contributed by atoms with van der Waals surface area (Å²) in [5.41, 5.74) is 3.47. The minimum absolute atomic E-state index is 0.0413. The Morgan fingerprint density at radius 2 is 1.65 bits per heavy atom. The van der Waals surface area contributed by atoms with Crippen molar-refractivity contribution in [1.82, 2.24) is 4.72 Å². The molecule has 1 heterocycles. The van der Waals surface area contributed by atoms with Crippen molar-refractivity contribution in [3.63, 3.8) is 0 Å². The predicted octanol–water partition coefficient (Wildman–Crippen LogP) is 2.53. The molecule has 5 heteroatoms. The van der Waals surface area contributed by atoms with E-state index >= 15 is 0 Å². The molecule has 4 nitrogen and oxygen atoms in total. The molecule has 2 aromatic carbocycles. The third-order valence-electron chi connectivity index (χ3n) is 4.63. The molecule has 23 heavy (non-hydrogen) atoms. The largest absolute Gasteiger partial charge is 0.267 e. The predicted molar refractivity (Wildman–Crippen MR) is 90.1 cm³/mol. The van der Waals surface area contributed by atoms with Gasteiger partial charge in [0.15, 0.2) is 0 Å². The molecule has 2 aliphatic rings. The zero-order valence-electron chi connectivity index (χ0n) is 12.9. The SMILES string of the molecule is CC1(CN=C2NS(=O)(=O)c3ccccc32)Cc2ccccc2C1. The fourth-order valence-electron chi connectivity index (χ4n) is 3.52. The summed E-state index contributed by atoms with van der Waals surface area (Å²) in [6.07, 6.45) is 1.96. The Hall–Kier alpha value is -2.14. The molecule has 1 N–H and O–H groups in total. The smallest absolute Gasteiger partial charge is 0.263 e. The molecule has 0 amide bonds. The van der Waals surface area contributed by atoms with E-state index in [2.05, 4.69) is 40.9 Å². The second kappa shape index (κ2) is 4.93. The molecule has 1 aliphatic carbocycles. The van der Waals surface area contributed by atoms with Crippen LogP contribution in [0.4, 0.5) is 0 Å². The molecular formula is C18H18N2O2S. The van der Waals surface area contributed by atoms with Gasteiger partial charge in [-0.3, -0.25) is 9.71 Å². The van der Waals surface area contributed by atoms with Gasteiger partial charge >= 0.3 is 0 Å². The fourth-order valence-corrected chi connectivity index (χ4v) is 4.77. The molecule has 0 aromatic heterocycles. The van der Waals surface area contributed by atoms with Crippen molar-refractivity contribution >= 4 is 15.9 Å². The van der Waals surface area contributed by atoms with Gasteiger partial charge in [0, 0.05) is 12.1 Å². The normalized spacial score (nSPS) is 21.7. The average molecular weight is 326 g/mol. The minimum Gasteiger partial charge on any atom is -0.267 e. The molecule has 0 atom stereocenters. The van der Waals surface area contributed by atoms with Crippen molar-refractivity contribution in [2.24, 2.45) is 10.4 Å². The summed E-state index contributed by atoms with van der Waals surface area (Å²) in [6.45, 7) is 2.82. The van der Waals surface area contributed by atoms with Gasteiger partial charge in [-0.15, -0.1) is 0 Å². The Morgan fingerprint density at radius 1 is 1.04 bits per heavy atom. The molecule has 1 aliphatic heterocycles. The number of aliphatic imine (C=N–C) groups is 1. The van der Waals surface area contributed by atoms with Crippen molar-refractivity contribution in [3.8, 4) is 0 Å². The number of fused-ring (bicyclic) bond motifs is 2. The highest BCUT2D eigenvalue weighted by atomic mass is 32.2. The summed E-state index contributed by atoms with van der Waals surface area (Å²) in [4.78, 5) is 4.94. The van der Waals surface area contributed by atoms with E-state index in [0.29, 0.717) is 22.8 Å². The van der Waals surface area contributed by atoms with Crippen molar-refractivity contribution < 1.29 is 8.42 Å². The molecule has 0 bridgehead atoms. The molecule has 2 aromatic rings. The number of benzene rings is 2. The van der Waals surface area contributed by atoms with E-state index in [1.165, 1.54) is 11.1 Å². The molecule has 0 radical (unpaired) electrons. The first kappa shape index (κ1) is 14.5. The fraction of sp³-hybridized carbons (Fsp3) is 0.278. The quantitative estimate of drug-likeness (QED) is 0.922. The van der Waals surface area contributed by atoms with Crippen LogP contribution < -0.4 is 4.72 Å². The van der Waals surface area contributed by atoms with Crippen molar-refractivity contribution in [2.45, 2.75) is 24.7 Å². The van der Waals surface area contributed by atoms with Crippen LogP contribution in [0.1, 0.15) is 23.6 Å². The van der Waals surface area contributed by atoms with Crippen LogP contribution in [0.25, 0.3) is 0 Å². The first-order valence-corrected chi connectivity index (χ1v) is 9.19. The third-order valence-corrected chi connectivity index (χ3v) is 6.03. The summed E-state index contributed by atoms with van der Waals surface area (Å²) in [5, 5.41) is 0. The minimum atomic E-state index is -3.45. The van der Waals surface area contributed by atoms with Gasteiger partial charge in [0.25, 0.3) is 10.0 Å². The van der Waals surface area contributed by atoms with Crippen LogP contribution in [-0.4, -0.2) is 20.8 Å². The first-order chi connectivity index (χ1) is 11.0. The zero-order valence-corrected chi connectivity index (χ0v) is 13.7. The Kier molecular flexibility index (Phi) is 3.10. The van der Waals surface area contributed by atoms with E-state index < -0.39 is 10.0 Å². The van der Waals surface area contributed by atoms with Crippen LogP contribution >= 0.6 is 0 Å². The Bertz CT molecular complexity index is 891. The number of amidine groups is 1. The van der Waals surface area contributed by atoms with E-state index in [0.717, 1.165) is 12.8 Å². The van der Waals surface area contributed by atoms with Gasteiger partial charge in [-0.25, -0.2) is 8.42 Å². The van der Waals surface area contributed by atoms with Crippen molar-refractivity contribution in [2.75, 3.05) is 6.54 Å². The summed E-state index contributed by atoms with van der Waals surface area (Å²) >= 11 is 0. The highest BCUT2D eigenvalue weighted by Gasteiger charge is 2.34. The van der Waals surface area contributed by atoms with Crippen LogP contribution in [0.3, 0.4) is 0 Å². The summed E-state index contributed by atoms with van der Waals surface area (Å²) in [6, 6.07) is 15.5. The second-order valence-corrected chi connectivity index (χ2v) is 8.35.